The van der Waals surface area contributed by atoms with Crippen LogP contribution in [0.5, 0.6) is 5.75 Å². The number of hydrogen-bond acceptors (Lipinski definition) is 1. The minimum absolute atomic E-state index is 0.172. The maximum absolute atomic E-state index is 13.1. The van der Waals surface area contributed by atoms with Crippen molar-refractivity contribution in [1.82, 2.24) is 0 Å². The van der Waals surface area contributed by atoms with Gasteiger partial charge in [0.2, 0.25) is 0 Å². The third-order valence-electron chi connectivity index (χ3n) is 3.12. The molecule has 92 valence electrons. The molecule has 1 atom stereocenters. The Balaban J connectivity index is 2.09. The molecule has 0 aliphatic rings. The highest BCUT2D eigenvalue weighted by atomic mass is 19.1. The van der Waals surface area contributed by atoms with Gasteiger partial charge in [0.1, 0.15) is 11.6 Å². The molecule has 1 nitrogen and oxygen atoms in total. The first kappa shape index (κ1) is 12.7. The fraction of sp³-hybridized carbons (Fsp3) is 0.200. The molecular formula is C15H16BFO. The molecule has 2 aromatic carbocycles. The van der Waals surface area contributed by atoms with Crippen LogP contribution in [0.4, 0.5) is 4.39 Å². The van der Waals surface area contributed by atoms with Crippen LogP contribution in [-0.4, -0.2) is 14.4 Å². The van der Waals surface area contributed by atoms with Crippen molar-refractivity contribution in [1.29, 1.82) is 0 Å². The van der Waals surface area contributed by atoms with Gasteiger partial charge in [0.25, 0.3) is 0 Å². The number of benzene rings is 2. The highest BCUT2D eigenvalue weighted by Gasteiger charge is 2.09. The van der Waals surface area contributed by atoms with Crippen LogP contribution < -0.4 is 10.2 Å². The molecule has 2 aromatic rings. The molecule has 0 aromatic heterocycles. The Morgan fingerprint density at radius 1 is 1.11 bits per heavy atom. The predicted molar refractivity (Wildman–Crippen MR) is 74.6 cm³/mol. The minimum atomic E-state index is -0.172. The topological polar surface area (TPSA) is 9.23 Å². The first-order chi connectivity index (χ1) is 8.69. The molecule has 0 amide bonds. The smallest absolute Gasteiger partial charge is 0.165 e. The first-order valence-corrected chi connectivity index (χ1v) is 6.07. The maximum atomic E-state index is 13.1. The molecule has 0 saturated carbocycles. The number of halogens is 1. The highest BCUT2D eigenvalue weighted by molar-refractivity contribution is 6.54. The Bertz CT molecular complexity index is 510. The summed E-state index contributed by atoms with van der Waals surface area (Å²) in [5.41, 5.74) is 2.26. The lowest BCUT2D eigenvalue weighted by Crippen LogP contribution is -2.20. The van der Waals surface area contributed by atoms with Gasteiger partial charge in [-0.15, -0.1) is 0 Å². The Morgan fingerprint density at radius 3 is 2.44 bits per heavy atom. The monoisotopic (exact) mass is 242 g/mol. The molecule has 0 bridgehead atoms. The van der Waals surface area contributed by atoms with Gasteiger partial charge in [-0.3, -0.25) is 0 Å². The van der Waals surface area contributed by atoms with Gasteiger partial charge in [-0.05, 0) is 30.1 Å². The van der Waals surface area contributed by atoms with Crippen LogP contribution in [-0.2, 0) is 0 Å². The van der Waals surface area contributed by atoms with Crippen LogP contribution in [0.3, 0.4) is 0 Å². The maximum Gasteiger partial charge on any atom is 0.165 e. The highest BCUT2D eigenvalue weighted by Crippen LogP contribution is 2.18. The SMILES string of the molecule is COc1ccc(C(C)Bc2cccc(F)c2)cc1. The number of ether oxygens (including phenoxy) is 1. The van der Waals surface area contributed by atoms with E-state index in [0.29, 0.717) is 5.82 Å². The zero-order valence-electron chi connectivity index (χ0n) is 10.7. The summed E-state index contributed by atoms with van der Waals surface area (Å²) >= 11 is 0. The van der Waals surface area contributed by atoms with Gasteiger partial charge in [-0.25, -0.2) is 4.39 Å². The summed E-state index contributed by atoms with van der Waals surface area (Å²) in [4.78, 5) is 0. The van der Waals surface area contributed by atoms with Crippen molar-refractivity contribution in [2.24, 2.45) is 0 Å². The molecule has 1 unspecified atom stereocenters. The molecule has 2 rings (SSSR count). The van der Waals surface area contributed by atoms with E-state index in [-0.39, 0.29) is 5.82 Å². The lowest BCUT2D eigenvalue weighted by Gasteiger charge is -2.11. The molecular weight excluding hydrogens is 226 g/mol. The van der Waals surface area contributed by atoms with Gasteiger partial charge < -0.3 is 4.74 Å². The molecule has 0 spiro atoms. The van der Waals surface area contributed by atoms with Gasteiger partial charge in [-0.1, -0.05) is 42.2 Å². The van der Waals surface area contributed by atoms with Crippen molar-refractivity contribution in [2.45, 2.75) is 12.7 Å². The third-order valence-corrected chi connectivity index (χ3v) is 3.12. The molecule has 18 heavy (non-hydrogen) atoms. The molecule has 0 radical (unpaired) electrons. The Labute approximate surface area is 108 Å². The van der Waals surface area contributed by atoms with Crippen LogP contribution in [0, 0.1) is 5.82 Å². The minimum Gasteiger partial charge on any atom is -0.497 e. The normalized spacial score (nSPS) is 11.9. The Morgan fingerprint density at radius 2 is 1.83 bits per heavy atom. The van der Waals surface area contributed by atoms with Crippen LogP contribution in [0.1, 0.15) is 18.3 Å². The quantitative estimate of drug-likeness (QED) is 0.749. The van der Waals surface area contributed by atoms with Gasteiger partial charge in [0.05, 0.1) is 7.11 Å². The molecule has 3 heteroatoms. The Kier molecular flexibility index (Phi) is 4.03. The van der Waals surface area contributed by atoms with Crippen LogP contribution in [0.15, 0.2) is 48.5 Å². The van der Waals surface area contributed by atoms with Crippen molar-refractivity contribution in [3.8, 4) is 5.75 Å². The van der Waals surface area contributed by atoms with E-state index in [0.717, 1.165) is 18.5 Å². The van der Waals surface area contributed by atoms with Crippen molar-refractivity contribution in [2.75, 3.05) is 7.11 Å². The lowest BCUT2D eigenvalue weighted by molar-refractivity contribution is 0.414. The van der Waals surface area contributed by atoms with Gasteiger partial charge in [0.15, 0.2) is 7.28 Å². The zero-order valence-corrected chi connectivity index (χ0v) is 10.7. The molecule has 0 aliphatic heterocycles. The standard InChI is InChI=1S/C15H16BFO/c1-11(12-6-8-15(18-2)9-7-12)16-13-4-3-5-14(17)10-13/h3-11,16H,1-2H3. The van der Waals surface area contributed by atoms with Crippen LogP contribution >= 0.6 is 0 Å². The molecule has 0 heterocycles. The zero-order chi connectivity index (χ0) is 13.0. The van der Waals surface area contributed by atoms with E-state index in [4.69, 9.17) is 4.74 Å². The van der Waals surface area contributed by atoms with Gasteiger partial charge >= 0.3 is 0 Å². The van der Waals surface area contributed by atoms with E-state index in [2.05, 4.69) is 19.1 Å². The average molecular weight is 242 g/mol. The second-order valence-electron chi connectivity index (χ2n) is 4.51. The van der Waals surface area contributed by atoms with E-state index < -0.39 is 0 Å². The summed E-state index contributed by atoms with van der Waals surface area (Å²) < 4.78 is 18.2. The summed E-state index contributed by atoms with van der Waals surface area (Å²) in [6, 6.07) is 14.8. The van der Waals surface area contributed by atoms with E-state index >= 15 is 0 Å². The second-order valence-corrected chi connectivity index (χ2v) is 4.51. The lowest BCUT2D eigenvalue weighted by atomic mass is 9.58. The summed E-state index contributed by atoms with van der Waals surface area (Å²) in [6.07, 6.45) is 0. The van der Waals surface area contributed by atoms with Crippen LogP contribution in [0.25, 0.3) is 0 Å². The number of hydrogen-bond donors (Lipinski definition) is 0. The first-order valence-electron chi connectivity index (χ1n) is 6.07. The van der Waals surface area contributed by atoms with Gasteiger partial charge in [0, 0.05) is 0 Å². The van der Waals surface area contributed by atoms with E-state index in [1.165, 1.54) is 11.6 Å². The van der Waals surface area contributed by atoms with E-state index in [1.807, 2.05) is 18.2 Å². The van der Waals surface area contributed by atoms with Crippen molar-refractivity contribution >= 4 is 12.7 Å². The van der Waals surface area contributed by atoms with Gasteiger partial charge in [-0.2, -0.15) is 0 Å². The van der Waals surface area contributed by atoms with Crippen molar-refractivity contribution in [3.63, 3.8) is 0 Å². The molecule has 0 aliphatic carbocycles. The summed E-state index contributed by atoms with van der Waals surface area (Å²) in [7, 11) is 2.50. The average Bonchev–Trinajstić information content (AvgIpc) is 2.39. The van der Waals surface area contributed by atoms with Crippen LogP contribution in [0.2, 0.25) is 0 Å². The fourth-order valence-corrected chi connectivity index (χ4v) is 2.07. The summed E-state index contributed by atoms with van der Waals surface area (Å²) in [6.45, 7) is 2.15. The summed E-state index contributed by atoms with van der Waals surface area (Å²) in [5, 5.41) is 0. The number of methoxy groups -OCH3 is 1. The molecule has 0 fully saturated rings. The largest absolute Gasteiger partial charge is 0.497 e. The predicted octanol–water partition coefficient (Wildman–Crippen LogP) is 2.66. The fourth-order valence-electron chi connectivity index (χ4n) is 2.07. The third kappa shape index (κ3) is 3.13. The van der Waals surface area contributed by atoms with Crippen molar-refractivity contribution in [3.05, 3.63) is 59.9 Å². The summed E-state index contributed by atoms with van der Waals surface area (Å²) in [5.74, 6) is 1.05. The molecule has 0 N–H and O–H groups in total. The van der Waals surface area contributed by atoms with E-state index in [9.17, 15) is 4.39 Å². The Hall–Kier alpha value is -1.77. The van der Waals surface area contributed by atoms with Crippen molar-refractivity contribution < 1.29 is 9.13 Å². The van der Waals surface area contributed by atoms with E-state index in [1.54, 1.807) is 19.2 Å². The molecule has 0 saturated heterocycles. The number of rotatable bonds is 4. The second kappa shape index (κ2) is 5.72.